The molecule has 2 atom stereocenters. The van der Waals surface area contributed by atoms with Gasteiger partial charge >= 0.3 is 0 Å². The average Bonchev–Trinajstić information content (AvgIpc) is 2.72. The number of likely N-dealkylation sites (tertiary alicyclic amines) is 1. The summed E-state index contributed by atoms with van der Waals surface area (Å²) in [6.45, 7) is 12.0. The Bertz CT molecular complexity index is 471. The molecule has 1 heterocycles. The topological polar surface area (TPSA) is 3.24 Å². The second-order valence-corrected chi connectivity index (χ2v) is 7.58. The van der Waals surface area contributed by atoms with Crippen molar-refractivity contribution < 1.29 is 0 Å². The van der Waals surface area contributed by atoms with Crippen LogP contribution in [-0.2, 0) is 11.8 Å². The van der Waals surface area contributed by atoms with Crippen molar-refractivity contribution in [3.8, 4) is 0 Å². The van der Waals surface area contributed by atoms with Crippen LogP contribution < -0.4 is 0 Å². The predicted octanol–water partition coefficient (Wildman–Crippen LogP) is 4.01. The maximum Gasteiger partial charge on any atom is 0.0125 e. The van der Waals surface area contributed by atoms with E-state index in [9.17, 15) is 0 Å². The van der Waals surface area contributed by atoms with E-state index < -0.39 is 0 Å². The molecule has 0 bridgehead atoms. The van der Waals surface area contributed by atoms with Crippen molar-refractivity contribution in [1.29, 1.82) is 0 Å². The SMILES string of the molecule is CC1CN(C(C)(C)C)CCC12CCc1ccccc12. The molecule has 19 heavy (non-hydrogen) atoms. The summed E-state index contributed by atoms with van der Waals surface area (Å²) in [5, 5.41) is 0. The summed E-state index contributed by atoms with van der Waals surface area (Å²) in [5.74, 6) is 0.768. The van der Waals surface area contributed by atoms with Crippen LogP contribution in [0.2, 0.25) is 0 Å². The molecular weight excluding hydrogens is 230 g/mol. The fourth-order valence-corrected chi connectivity index (χ4v) is 4.27. The number of rotatable bonds is 0. The first-order chi connectivity index (χ1) is 8.93. The summed E-state index contributed by atoms with van der Waals surface area (Å²) < 4.78 is 0. The quantitative estimate of drug-likeness (QED) is 0.679. The van der Waals surface area contributed by atoms with E-state index in [4.69, 9.17) is 0 Å². The predicted molar refractivity (Wildman–Crippen MR) is 81.5 cm³/mol. The van der Waals surface area contributed by atoms with Crippen molar-refractivity contribution in [1.82, 2.24) is 4.90 Å². The molecule has 1 saturated heterocycles. The van der Waals surface area contributed by atoms with Gasteiger partial charge in [-0.25, -0.2) is 0 Å². The summed E-state index contributed by atoms with van der Waals surface area (Å²) in [7, 11) is 0. The third-order valence-electron chi connectivity index (χ3n) is 5.61. The maximum absolute atomic E-state index is 2.67. The number of aryl methyl sites for hydroxylation is 1. The highest BCUT2D eigenvalue weighted by Crippen LogP contribution is 2.49. The van der Waals surface area contributed by atoms with Crippen molar-refractivity contribution in [3.05, 3.63) is 35.4 Å². The van der Waals surface area contributed by atoms with Gasteiger partial charge in [0.25, 0.3) is 0 Å². The van der Waals surface area contributed by atoms with E-state index in [-0.39, 0.29) is 0 Å². The van der Waals surface area contributed by atoms with Crippen molar-refractivity contribution in [2.45, 2.75) is 57.9 Å². The fourth-order valence-electron chi connectivity index (χ4n) is 4.27. The Morgan fingerprint density at radius 1 is 1.16 bits per heavy atom. The third kappa shape index (κ3) is 2.03. The number of hydrogen-bond donors (Lipinski definition) is 0. The van der Waals surface area contributed by atoms with E-state index in [0.717, 1.165) is 5.92 Å². The Kier molecular flexibility index (Phi) is 3.01. The van der Waals surface area contributed by atoms with Crippen molar-refractivity contribution in [2.24, 2.45) is 5.92 Å². The van der Waals surface area contributed by atoms with Crippen LogP contribution in [0.3, 0.4) is 0 Å². The van der Waals surface area contributed by atoms with Gasteiger partial charge in [-0.05, 0) is 63.6 Å². The molecule has 0 saturated carbocycles. The molecule has 1 nitrogen and oxygen atoms in total. The molecule has 104 valence electrons. The highest BCUT2D eigenvalue weighted by Gasteiger charge is 2.46. The average molecular weight is 257 g/mol. The molecule has 1 aliphatic carbocycles. The van der Waals surface area contributed by atoms with E-state index in [1.54, 1.807) is 11.1 Å². The first kappa shape index (κ1) is 13.2. The smallest absolute Gasteiger partial charge is 0.0125 e. The number of piperidine rings is 1. The molecule has 0 radical (unpaired) electrons. The minimum Gasteiger partial charge on any atom is -0.298 e. The minimum absolute atomic E-state index is 0.313. The zero-order valence-corrected chi connectivity index (χ0v) is 12.9. The number of benzene rings is 1. The second-order valence-electron chi connectivity index (χ2n) is 7.58. The van der Waals surface area contributed by atoms with Gasteiger partial charge in [0.05, 0.1) is 0 Å². The van der Waals surface area contributed by atoms with Crippen LogP contribution in [0.1, 0.15) is 51.7 Å². The Morgan fingerprint density at radius 3 is 2.58 bits per heavy atom. The van der Waals surface area contributed by atoms with Crippen molar-refractivity contribution in [2.75, 3.05) is 13.1 Å². The monoisotopic (exact) mass is 257 g/mol. The zero-order chi connectivity index (χ0) is 13.7. The van der Waals surface area contributed by atoms with Gasteiger partial charge in [0.2, 0.25) is 0 Å². The van der Waals surface area contributed by atoms with E-state index in [0.29, 0.717) is 11.0 Å². The van der Waals surface area contributed by atoms with E-state index >= 15 is 0 Å². The van der Waals surface area contributed by atoms with Crippen molar-refractivity contribution in [3.63, 3.8) is 0 Å². The molecule has 0 amide bonds. The van der Waals surface area contributed by atoms with Crippen LogP contribution in [-0.4, -0.2) is 23.5 Å². The second kappa shape index (κ2) is 4.34. The van der Waals surface area contributed by atoms with Crippen LogP contribution >= 0.6 is 0 Å². The van der Waals surface area contributed by atoms with E-state index in [1.807, 2.05) is 0 Å². The molecular formula is C18H27N. The van der Waals surface area contributed by atoms with Gasteiger partial charge in [0.15, 0.2) is 0 Å². The molecule has 2 unspecified atom stereocenters. The lowest BCUT2D eigenvalue weighted by molar-refractivity contribution is 0.0362. The molecule has 1 aromatic carbocycles. The first-order valence-electron chi connectivity index (χ1n) is 7.77. The van der Waals surface area contributed by atoms with Gasteiger partial charge in [0.1, 0.15) is 0 Å². The lowest BCUT2D eigenvalue weighted by atomic mass is 9.67. The van der Waals surface area contributed by atoms with Crippen LogP contribution in [0.15, 0.2) is 24.3 Å². The highest BCUT2D eigenvalue weighted by atomic mass is 15.2. The maximum atomic E-state index is 2.67. The van der Waals surface area contributed by atoms with Gasteiger partial charge in [0, 0.05) is 17.5 Å². The number of hydrogen-bond acceptors (Lipinski definition) is 1. The molecule has 0 N–H and O–H groups in total. The zero-order valence-electron chi connectivity index (χ0n) is 12.9. The van der Waals surface area contributed by atoms with Gasteiger partial charge in [-0.15, -0.1) is 0 Å². The van der Waals surface area contributed by atoms with Gasteiger partial charge in [-0.3, -0.25) is 4.90 Å². The van der Waals surface area contributed by atoms with Crippen LogP contribution in [0.4, 0.5) is 0 Å². The summed E-state index contributed by atoms with van der Waals surface area (Å²) in [5.41, 5.74) is 4.06. The highest BCUT2D eigenvalue weighted by molar-refractivity contribution is 5.40. The third-order valence-corrected chi connectivity index (χ3v) is 5.61. The summed E-state index contributed by atoms with van der Waals surface area (Å²) in [4.78, 5) is 2.67. The number of fused-ring (bicyclic) bond motifs is 2. The molecule has 2 aliphatic rings. The Hall–Kier alpha value is -0.820. The Balaban J connectivity index is 1.89. The molecule has 1 heteroatoms. The Labute approximate surface area is 118 Å². The first-order valence-corrected chi connectivity index (χ1v) is 7.77. The number of nitrogens with zero attached hydrogens (tertiary/aromatic N) is 1. The Morgan fingerprint density at radius 2 is 1.89 bits per heavy atom. The standard InChI is InChI=1S/C18H27N/c1-14-13-19(17(2,3)4)12-11-18(14)10-9-15-7-5-6-8-16(15)18/h5-8,14H,9-13H2,1-4H3. The molecule has 0 aromatic heterocycles. The lowest BCUT2D eigenvalue weighted by Crippen LogP contribution is -2.54. The van der Waals surface area contributed by atoms with Crippen LogP contribution in [0, 0.1) is 5.92 Å². The summed E-state index contributed by atoms with van der Waals surface area (Å²) in [6, 6.07) is 9.17. The minimum atomic E-state index is 0.313. The van der Waals surface area contributed by atoms with Crippen LogP contribution in [0.5, 0.6) is 0 Å². The molecule has 3 rings (SSSR count). The molecule has 1 spiro atoms. The van der Waals surface area contributed by atoms with Crippen LogP contribution in [0.25, 0.3) is 0 Å². The van der Waals surface area contributed by atoms with Gasteiger partial charge < -0.3 is 0 Å². The van der Waals surface area contributed by atoms with Gasteiger partial charge in [-0.1, -0.05) is 31.2 Å². The largest absolute Gasteiger partial charge is 0.298 e. The van der Waals surface area contributed by atoms with Gasteiger partial charge in [-0.2, -0.15) is 0 Å². The summed E-state index contributed by atoms with van der Waals surface area (Å²) >= 11 is 0. The van der Waals surface area contributed by atoms with Crippen molar-refractivity contribution >= 4 is 0 Å². The lowest BCUT2D eigenvalue weighted by Gasteiger charge is -2.49. The fraction of sp³-hybridized carbons (Fsp3) is 0.667. The van der Waals surface area contributed by atoms with E-state index in [2.05, 4.69) is 56.9 Å². The summed E-state index contributed by atoms with van der Waals surface area (Å²) in [6.07, 6.45) is 3.99. The molecule has 1 aliphatic heterocycles. The van der Waals surface area contributed by atoms with E-state index in [1.165, 1.54) is 32.4 Å². The molecule has 1 aromatic rings. The molecule has 1 fully saturated rings. The normalized spacial score (nSPS) is 31.7.